The molecule has 0 spiro atoms. The van der Waals surface area contributed by atoms with Crippen LogP contribution in [0.3, 0.4) is 0 Å². The minimum absolute atomic E-state index is 0.0228. The van der Waals surface area contributed by atoms with Gasteiger partial charge in [0.2, 0.25) is 14.1 Å². The van der Waals surface area contributed by atoms with Crippen LogP contribution < -0.4 is 9.33 Å². The van der Waals surface area contributed by atoms with E-state index in [9.17, 15) is 4.79 Å². The van der Waals surface area contributed by atoms with E-state index in [1.54, 1.807) is 0 Å². The van der Waals surface area contributed by atoms with Crippen LogP contribution in [0, 0.1) is 23.3 Å². The van der Waals surface area contributed by atoms with Gasteiger partial charge in [0.1, 0.15) is 19.9 Å². The van der Waals surface area contributed by atoms with Crippen LogP contribution in [-0.2, 0) is 24.4 Å². The Kier molecular flexibility index (Phi) is 13.8. The molecule has 5 atom stereocenters. The number of amides is 1. The SMILES string of the molecule is COC(=O)N1c2ccc(O[Si](C)(C)C(C)(C)C)cc2C2=C([C@@H](C)[C@@H]3OC(c4ccccc4)(c4ccccc4)O[C@@H]3[C@H]2CO[Si](C)(C)C(C)(C)C)[C@@H]1C#C[Si](C(C)C)(C(C)C)C(C)C. The molecule has 6 rings (SSSR count). The second-order valence-electron chi connectivity index (χ2n) is 22.3. The average Bonchev–Trinajstić information content (AvgIpc) is 3.62. The largest absolute Gasteiger partial charge is 0.543 e. The lowest BCUT2D eigenvalue weighted by Gasteiger charge is -2.48. The van der Waals surface area contributed by atoms with Gasteiger partial charge in [0.25, 0.3) is 0 Å². The molecule has 2 aliphatic heterocycles. The molecule has 1 aliphatic carbocycles. The summed E-state index contributed by atoms with van der Waals surface area (Å²) < 4.78 is 35.3. The van der Waals surface area contributed by atoms with Crippen LogP contribution in [0.5, 0.6) is 5.75 Å². The van der Waals surface area contributed by atoms with Crippen molar-refractivity contribution in [1.82, 2.24) is 0 Å². The molecule has 0 aromatic heterocycles. The predicted octanol–water partition coefficient (Wildman–Crippen LogP) is 14.0. The van der Waals surface area contributed by atoms with Gasteiger partial charge in [0, 0.05) is 35.1 Å². The molecule has 0 unspecified atom stereocenters. The van der Waals surface area contributed by atoms with Gasteiger partial charge in [-0.1, -0.05) is 157 Å². The van der Waals surface area contributed by atoms with E-state index >= 15 is 0 Å². The van der Waals surface area contributed by atoms with Gasteiger partial charge in [-0.05, 0) is 82.2 Å². The third-order valence-corrected chi connectivity index (χ3v) is 30.8. The van der Waals surface area contributed by atoms with Crippen molar-refractivity contribution < 1.29 is 27.9 Å². The Labute approximate surface area is 383 Å². The van der Waals surface area contributed by atoms with Crippen LogP contribution in [0.1, 0.15) is 107 Å². The van der Waals surface area contributed by atoms with Crippen LogP contribution in [0.4, 0.5) is 10.5 Å². The third kappa shape index (κ3) is 8.72. The van der Waals surface area contributed by atoms with Gasteiger partial charge < -0.3 is 23.1 Å². The molecule has 342 valence electrons. The first-order chi connectivity index (χ1) is 29.3. The number of benzene rings is 3. The Morgan fingerprint density at radius 2 is 1.27 bits per heavy atom. The van der Waals surface area contributed by atoms with Crippen LogP contribution in [0.15, 0.2) is 84.4 Å². The van der Waals surface area contributed by atoms with Gasteiger partial charge in [0.15, 0.2) is 8.32 Å². The highest BCUT2D eigenvalue weighted by Gasteiger charge is 2.60. The lowest BCUT2D eigenvalue weighted by atomic mass is 9.67. The highest BCUT2D eigenvalue weighted by molar-refractivity contribution is 6.90. The summed E-state index contributed by atoms with van der Waals surface area (Å²) in [7, 11) is -5.38. The maximum absolute atomic E-state index is 14.6. The number of hydrogen-bond donors (Lipinski definition) is 0. The zero-order valence-electron chi connectivity index (χ0n) is 41.7. The number of hydrogen-bond acceptors (Lipinski definition) is 6. The Hall–Kier alpha value is -3.44. The van der Waals surface area contributed by atoms with Gasteiger partial charge >= 0.3 is 6.09 Å². The van der Waals surface area contributed by atoms with Crippen molar-refractivity contribution in [1.29, 1.82) is 0 Å². The van der Waals surface area contributed by atoms with Gasteiger partial charge in [-0.2, -0.15) is 0 Å². The van der Waals surface area contributed by atoms with Crippen molar-refractivity contribution in [2.24, 2.45) is 11.8 Å². The van der Waals surface area contributed by atoms with Crippen LogP contribution in [-0.4, -0.2) is 62.8 Å². The van der Waals surface area contributed by atoms with Crippen molar-refractivity contribution in [2.45, 2.75) is 167 Å². The standard InChI is InChI=1S/C53H77NO6Si3/c1-35(2)63(36(3)4,37(5)6)32-31-45-46-38(7)48-49(59-53(58-48,39-25-21-19-22-26-39)40-27-23-20-24-28-40)43(34-57-61(15,16)51(8,9)10)47(46)42-33-41(60-62(17,18)52(11,12)13)29-30-44(42)54(45)50(55)56-14/h19-30,33,35-38,43,45,48-49H,34H2,1-18H3/t38-,43+,45+,48+,49-/m1/s1. The fourth-order valence-electron chi connectivity index (χ4n) is 10.0. The molecular formula is C53H77NO6Si3. The maximum Gasteiger partial charge on any atom is 0.415 e. The molecule has 63 heavy (non-hydrogen) atoms. The van der Waals surface area contributed by atoms with Crippen molar-refractivity contribution >= 4 is 42.1 Å². The van der Waals surface area contributed by atoms with Crippen molar-refractivity contribution in [2.75, 3.05) is 18.6 Å². The predicted molar refractivity (Wildman–Crippen MR) is 268 cm³/mol. The summed E-state index contributed by atoms with van der Waals surface area (Å²) in [5.74, 6) is 3.02. The minimum Gasteiger partial charge on any atom is -0.543 e. The maximum atomic E-state index is 14.6. The highest BCUT2D eigenvalue weighted by Crippen LogP contribution is 2.58. The molecule has 10 heteroatoms. The number of carbonyl (C=O) groups excluding carboxylic acids is 1. The molecule has 0 radical (unpaired) electrons. The van der Waals surface area contributed by atoms with E-state index in [2.05, 4.69) is 164 Å². The summed E-state index contributed by atoms with van der Waals surface area (Å²) in [6.07, 6.45) is -1.26. The summed E-state index contributed by atoms with van der Waals surface area (Å²) in [6.45, 7) is 39.5. The van der Waals surface area contributed by atoms with Crippen LogP contribution in [0.25, 0.3) is 5.57 Å². The number of carbonyl (C=O) groups is 1. The first kappa shape index (κ1) is 49.0. The molecule has 3 aliphatic rings. The van der Waals surface area contributed by atoms with Crippen LogP contribution in [0.2, 0.25) is 52.9 Å². The quantitative estimate of drug-likeness (QED) is 0.149. The van der Waals surface area contributed by atoms with Crippen molar-refractivity contribution in [3.05, 3.63) is 101 Å². The normalized spacial score (nSPS) is 22.7. The van der Waals surface area contributed by atoms with E-state index in [0.717, 1.165) is 39.3 Å². The number of ether oxygens (including phenoxy) is 3. The average molecular weight is 908 g/mol. The zero-order valence-corrected chi connectivity index (χ0v) is 44.7. The molecule has 7 nitrogen and oxygen atoms in total. The van der Waals surface area contributed by atoms with Gasteiger partial charge in [-0.25, -0.2) is 4.79 Å². The smallest absolute Gasteiger partial charge is 0.415 e. The fourth-order valence-corrected chi connectivity index (χ4v) is 17.3. The van der Waals surface area contributed by atoms with E-state index in [0.29, 0.717) is 23.2 Å². The molecule has 1 amide bonds. The first-order valence-corrected chi connectivity index (χ1v) is 31.4. The summed E-state index contributed by atoms with van der Waals surface area (Å²) in [6, 6.07) is 26.3. The lowest BCUT2D eigenvalue weighted by molar-refractivity contribution is -0.155. The molecular weight excluding hydrogens is 831 g/mol. The Balaban J connectivity index is 1.70. The van der Waals surface area contributed by atoms with Crippen molar-refractivity contribution in [3.63, 3.8) is 0 Å². The molecule has 3 aromatic rings. The van der Waals surface area contributed by atoms with Crippen molar-refractivity contribution in [3.8, 4) is 17.2 Å². The molecule has 3 aromatic carbocycles. The van der Waals surface area contributed by atoms with Gasteiger partial charge in [-0.15, -0.1) is 5.54 Å². The van der Waals surface area contributed by atoms with E-state index in [1.165, 1.54) is 7.11 Å². The zero-order chi connectivity index (χ0) is 46.7. The summed E-state index contributed by atoms with van der Waals surface area (Å²) in [5, 5.41) is -0.0513. The Morgan fingerprint density at radius 3 is 1.75 bits per heavy atom. The minimum atomic E-state index is -2.30. The molecule has 1 fully saturated rings. The molecule has 1 saturated heterocycles. The summed E-state index contributed by atoms with van der Waals surface area (Å²) in [5.41, 5.74) is 11.0. The molecule has 0 bridgehead atoms. The van der Waals surface area contributed by atoms with Gasteiger partial charge in [-0.3, -0.25) is 4.90 Å². The first-order valence-electron chi connectivity index (χ1n) is 23.3. The Bertz CT molecular complexity index is 2150. The molecule has 0 N–H and O–H groups in total. The topological polar surface area (TPSA) is 66.5 Å². The number of anilines is 1. The fraction of sp³-hybridized carbons (Fsp3) is 0.566. The van der Waals surface area contributed by atoms with Gasteiger partial charge in [0.05, 0.1) is 25.0 Å². The van der Waals surface area contributed by atoms with Crippen LogP contribution >= 0.6 is 0 Å². The van der Waals surface area contributed by atoms with E-state index in [1.807, 2.05) is 47.4 Å². The second kappa shape index (κ2) is 17.7. The summed E-state index contributed by atoms with van der Waals surface area (Å²) in [4.78, 5) is 16.4. The summed E-state index contributed by atoms with van der Waals surface area (Å²) >= 11 is 0. The van der Waals surface area contributed by atoms with E-state index < -0.39 is 54.8 Å². The Morgan fingerprint density at radius 1 is 0.762 bits per heavy atom. The molecule has 0 saturated carbocycles. The van der Waals surface area contributed by atoms with E-state index in [4.69, 9.17) is 23.1 Å². The van der Waals surface area contributed by atoms with E-state index in [-0.39, 0.29) is 21.9 Å². The monoisotopic (exact) mass is 908 g/mol. The number of fused-ring (bicyclic) bond motifs is 3. The number of nitrogens with zero attached hydrogens (tertiary/aromatic N) is 1. The highest BCUT2D eigenvalue weighted by atomic mass is 28.4. The third-order valence-electron chi connectivity index (χ3n) is 15.6. The second-order valence-corrected chi connectivity index (χ2v) is 37.4. The number of rotatable bonds is 10. The lowest BCUT2D eigenvalue weighted by Crippen LogP contribution is -2.53. The number of methoxy groups -OCH3 is 1. The molecule has 2 heterocycles.